The van der Waals surface area contributed by atoms with E-state index in [-0.39, 0.29) is 38.0 Å². The van der Waals surface area contributed by atoms with Crippen LogP contribution in [0.1, 0.15) is 55.3 Å². The SMILES string of the molecule is CC(=O)c1ccc(C(=O)OCCOCCOCCOCCOC(=O)c2ccc(C(C)=O)cc2)cc1. The third kappa shape index (κ3) is 10.6. The number of esters is 2. The minimum atomic E-state index is -0.478. The molecular weight excluding hydrogens is 456 g/mol. The van der Waals surface area contributed by atoms with Crippen molar-refractivity contribution >= 4 is 23.5 Å². The number of ketones is 2. The van der Waals surface area contributed by atoms with E-state index < -0.39 is 11.9 Å². The van der Waals surface area contributed by atoms with Gasteiger partial charge >= 0.3 is 11.9 Å². The fourth-order valence-electron chi connectivity index (χ4n) is 2.78. The highest BCUT2D eigenvalue weighted by molar-refractivity contribution is 5.96. The molecule has 9 heteroatoms. The van der Waals surface area contributed by atoms with Crippen LogP contribution < -0.4 is 0 Å². The molecule has 2 aromatic carbocycles. The summed E-state index contributed by atoms with van der Waals surface area (Å²) in [5.41, 5.74) is 1.81. The lowest BCUT2D eigenvalue weighted by Gasteiger charge is -2.08. The minimum absolute atomic E-state index is 0.0667. The molecule has 0 N–H and O–H groups in total. The lowest BCUT2D eigenvalue weighted by atomic mass is 10.1. The van der Waals surface area contributed by atoms with E-state index in [1.54, 1.807) is 48.5 Å². The largest absolute Gasteiger partial charge is 0.460 e. The second kappa shape index (κ2) is 15.5. The average Bonchev–Trinajstić information content (AvgIpc) is 2.86. The van der Waals surface area contributed by atoms with Crippen LogP contribution in [0.15, 0.2) is 48.5 Å². The van der Waals surface area contributed by atoms with Crippen molar-refractivity contribution in [1.29, 1.82) is 0 Å². The van der Waals surface area contributed by atoms with Crippen molar-refractivity contribution in [1.82, 2.24) is 0 Å². The maximum Gasteiger partial charge on any atom is 0.338 e. The number of ether oxygens (including phenoxy) is 5. The maximum absolute atomic E-state index is 11.9. The molecule has 9 nitrogen and oxygen atoms in total. The highest BCUT2D eigenvalue weighted by Gasteiger charge is 2.09. The molecule has 0 heterocycles. The zero-order chi connectivity index (χ0) is 25.5. The van der Waals surface area contributed by atoms with Crippen LogP contribution in [0.25, 0.3) is 0 Å². The van der Waals surface area contributed by atoms with Crippen LogP contribution in [0.4, 0.5) is 0 Å². The van der Waals surface area contributed by atoms with E-state index in [0.29, 0.717) is 48.7 Å². The van der Waals surface area contributed by atoms with Gasteiger partial charge in [0.2, 0.25) is 0 Å². The van der Waals surface area contributed by atoms with Gasteiger partial charge in [-0.05, 0) is 38.1 Å². The predicted molar refractivity (Wildman–Crippen MR) is 126 cm³/mol. The van der Waals surface area contributed by atoms with E-state index in [1.807, 2.05) is 0 Å². The molecule has 0 amide bonds. The second-order valence-corrected chi connectivity index (χ2v) is 7.38. The molecule has 0 fully saturated rings. The van der Waals surface area contributed by atoms with Gasteiger partial charge in [-0.25, -0.2) is 9.59 Å². The summed E-state index contributed by atoms with van der Waals surface area (Å²) in [5.74, 6) is -1.09. The molecule has 2 rings (SSSR count). The molecular formula is C26H30O9. The fraction of sp³-hybridized carbons (Fsp3) is 0.385. The number of carbonyl (C=O) groups is 4. The Bertz CT molecular complexity index is 886. The normalized spacial score (nSPS) is 10.6. The summed E-state index contributed by atoms with van der Waals surface area (Å²) in [6.45, 7) is 5.00. The molecule has 0 aromatic heterocycles. The van der Waals surface area contributed by atoms with Crippen LogP contribution in [0.5, 0.6) is 0 Å². The molecule has 0 aliphatic carbocycles. The van der Waals surface area contributed by atoms with Gasteiger partial charge in [0, 0.05) is 11.1 Å². The lowest BCUT2D eigenvalue weighted by molar-refractivity contribution is -0.00675. The third-order valence-corrected chi connectivity index (χ3v) is 4.72. The molecule has 0 bridgehead atoms. The van der Waals surface area contributed by atoms with Gasteiger partial charge in [-0.1, -0.05) is 24.3 Å². The smallest absolute Gasteiger partial charge is 0.338 e. The number of benzene rings is 2. The summed E-state index contributed by atoms with van der Waals surface area (Å²) in [4.78, 5) is 46.3. The Morgan fingerprint density at radius 2 is 0.714 bits per heavy atom. The van der Waals surface area contributed by atoms with Gasteiger partial charge in [0.1, 0.15) is 13.2 Å². The molecule has 188 valence electrons. The first-order valence-corrected chi connectivity index (χ1v) is 11.2. The molecule has 0 saturated carbocycles. The van der Waals surface area contributed by atoms with Crippen LogP contribution in [-0.4, -0.2) is 76.4 Å². The quantitative estimate of drug-likeness (QED) is 0.200. The molecule has 0 atom stereocenters. The van der Waals surface area contributed by atoms with E-state index in [2.05, 4.69) is 0 Å². The molecule has 0 aliphatic rings. The lowest BCUT2D eigenvalue weighted by Crippen LogP contribution is -2.15. The van der Waals surface area contributed by atoms with Crippen LogP contribution in [0.2, 0.25) is 0 Å². The summed E-state index contributed by atoms with van der Waals surface area (Å²) in [6, 6.07) is 12.5. The van der Waals surface area contributed by atoms with Crippen LogP contribution >= 0.6 is 0 Å². The minimum Gasteiger partial charge on any atom is -0.460 e. The fourth-order valence-corrected chi connectivity index (χ4v) is 2.78. The Balaban J connectivity index is 1.41. The number of carbonyl (C=O) groups excluding carboxylic acids is 4. The van der Waals surface area contributed by atoms with E-state index in [1.165, 1.54) is 13.8 Å². The standard InChI is InChI=1S/C26H30O9/c1-19(27)21-3-7-23(8-4-21)25(29)34-17-15-32-13-11-31-12-14-33-16-18-35-26(30)24-9-5-22(6-10-24)20(2)28/h3-10H,11-18H2,1-2H3. The van der Waals surface area contributed by atoms with Crippen molar-refractivity contribution in [3.8, 4) is 0 Å². The molecule has 0 unspecified atom stereocenters. The summed E-state index contributed by atoms with van der Waals surface area (Å²) >= 11 is 0. The number of Topliss-reactive ketones (excluding diaryl/α,β-unsaturated/α-hetero) is 2. The van der Waals surface area contributed by atoms with Crippen molar-refractivity contribution in [2.45, 2.75) is 13.8 Å². The topological polar surface area (TPSA) is 114 Å². The molecule has 0 saturated heterocycles. The van der Waals surface area contributed by atoms with Crippen LogP contribution in [-0.2, 0) is 23.7 Å². The first-order chi connectivity index (χ1) is 16.9. The van der Waals surface area contributed by atoms with Gasteiger partial charge in [0.25, 0.3) is 0 Å². The summed E-state index contributed by atoms with van der Waals surface area (Å²) in [6.07, 6.45) is 0. The van der Waals surface area contributed by atoms with Crippen LogP contribution in [0.3, 0.4) is 0 Å². The van der Waals surface area contributed by atoms with Gasteiger partial charge < -0.3 is 23.7 Å². The average molecular weight is 487 g/mol. The monoisotopic (exact) mass is 486 g/mol. The van der Waals surface area contributed by atoms with Gasteiger partial charge in [-0.3, -0.25) is 9.59 Å². The van der Waals surface area contributed by atoms with Gasteiger partial charge in [0.15, 0.2) is 11.6 Å². The zero-order valence-corrected chi connectivity index (χ0v) is 19.9. The highest BCUT2D eigenvalue weighted by Crippen LogP contribution is 2.07. The van der Waals surface area contributed by atoms with Gasteiger partial charge in [0.05, 0.1) is 50.8 Å². The predicted octanol–water partition coefficient (Wildman–Crippen LogP) is 3.16. The first-order valence-electron chi connectivity index (χ1n) is 11.2. The van der Waals surface area contributed by atoms with Crippen molar-refractivity contribution in [3.63, 3.8) is 0 Å². The summed E-state index contributed by atoms with van der Waals surface area (Å²) in [7, 11) is 0. The first kappa shape index (κ1) is 27.8. The molecule has 35 heavy (non-hydrogen) atoms. The Morgan fingerprint density at radius 1 is 0.457 bits per heavy atom. The second-order valence-electron chi connectivity index (χ2n) is 7.38. The number of hydrogen-bond donors (Lipinski definition) is 0. The Labute approximate surface area is 204 Å². The Morgan fingerprint density at radius 3 is 1.00 bits per heavy atom. The molecule has 0 aliphatic heterocycles. The maximum atomic E-state index is 11.9. The Kier molecular flexibility index (Phi) is 12.3. The van der Waals surface area contributed by atoms with Gasteiger partial charge in [-0.2, -0.15) is 0 Å². The summed E-state index contributed by atoms with van der Waals surface area (Å²) in [5, 5.41) is 0. The van der Waals surface area contributed by atoms with E-state index in [9.17, 15) is 19.2 Å². The Hall–Kier alpha value is -3.40. The van der Waals surface area contributed by atoms with Crippen molar-refractivity contribution < 1.29 is 42.9 Å². The number of hydrogen-bond acceptors (Lipinski definition) is 9. The van der Waals surface area contributed by atoms with Gasteiger partial charge in [-0.15, -0.1) is 0 Å². The number of rotatable bonds is 16. The van der Waals surface area contributed by atoms with Crippen LogP contribution in [0, 0.1) is 0 Å². The van der Waals surface area contributed by atoms with Crippen molar-refractivity contribution in [2.75, 3.05) is 52.9 Å². The van der Waals surface area contributed by atoms with E-state index in [0.717, 1.165) is 0 Å². The van der Waals surface area contributed by atoms with E-state index >= 15 is 0 Å². The van der Waals surface area contributed by atoms with Crippen molar-refractivity contribution in [2.24, 2.45) is 0 Å². The molecule has 0 spiro atoms. The molecule has 0 radical (unpaired) electrons. The highest BCUT2D eigenvalue weighted by atomic mass is 16.6. The summed E-state index contributed by atoms with van der Waals surface area (Å²) < 4.78 is 26.3. The van der Waals surface area contributed by atoms with Crippen molar-refractivity contribution in [3.05, 3.63) is 70.8 Å². The van der Waals surface area contributed by atoms with E-state index in [4.69, 9.17) is 23.7 Å². The zero-order valence-electron chi connectivity index (χ0n) is 19.9. The molecule has 2 aromatic rings. The third-order valence-electron chi connectivity index (χ3n) is 4.72.